The van der Waals surface area contributed by atoms with Crippen LogP contribution < -0.4 is 10.0 Å². The molecule has 8 nitrogen and oxygen atoms in total. The van der Waals surface area contributed by atoms with E-state index in [0.29, 0.717) is 0 Å². The number of nitrogens with one attached hydrogen (secondary N) is 2. The molecule has 0 aliphatic heterocycles. The summed E-state index contributed by atoms with van der Waals surface area (Å²) in [4.78, 5) is 23.2. The molecule has 1 amide bonds. The number of carbonyl (C=O) groups is 2. The van der Waals surface area contributed by atoms with E-state index < -0.39 is 27.9 Å². The summed E-state index contributed by atoms with van der Waals surface area (Å²) in [5.41, 5.74) is 0.123. The predicted octanol–water partition coefficient (Wildman–Crippen LogP) is 0.537. The van der Waals surface area contributed by atoms with Crippen LogP contribution in [0.25, 0.3) is 0 Å². The molecule has 25 heavy (non-hydrogen) atoms. The minimum Gasteiger partial charge on any atom is -0.480 e. The first-order valence-corrected chi connectivity index (χ1v) is 8.73. The van der Waals surface area contributed by atoms with Gasteiger partial charge in [-0.25, -0.2) is 17.9 Å². The van der Waals surface area contributed by atoms with Gasteiger partial charge in [-0.2, -0.15) is 0 Å². The first-order valence-electron chi connectivity index (χ1n) is 7.24. The van der Waals surface area contributed by atoms with Crippen LogP contribution in [0, 0.1) is 0 Å². The number of carboxylic acids is 1. The zero-order valence-electron chi connectivity index (χ0n) is 13.5. The SMILES string of the molecule is C=CCNS(=O)(=O)c1ccc(C(=O)NC(COCC=C)C(=O)O)cc1. The van der Waals surface area contributed by atoms with Crippen LogP contribution in [0.2, 0.25) is 0 Å². The molecule has 0 heterocycles. The third-order valence-corrected chi connectivity index (χ3v) is 4.41. The first kappa shape index (κ1) is 20.6. The molecule has 1 atom stereocenters. The summed E-state index contributed by atoms with van der Waals surface area (Å²) < 4.78 is 31.2. The fraction of sp³-hybridized carbons (Fsp3) is 0.250. The average Bonchev–Trinajstić information content (AvgIpc) is 2.59. The van der Waals surface area contributed by atoms with Gasteiger partial charge in [-0.3, -0.25) is 4.79 Å². The van der Waals surface area contributed by atoms with Crippen molar-refractivity contribution in [3.8, 4) is 0 Å². The number of carbonyl (C=O) groups excluding carboxylic acids is 1. The lowest BCUT2D eigenvalue weighted by Gasteiger charge is -2.14. The Morgan fingerprint density at radius 1 is 1.20 bits per heavy atom. The lowest BCUT2D eigenvalue weighted by molar-refractivity contribution is -0.140. The highest BCUT2D eigenvalue weighted by Gasteiger charge is 2.21. The Labute approximate surface area is 146 Å². The summed E-state index contributed by atoms with van der Waals surface area (Å²) in [6.07, 6.45) is 2.86. The van der Waals surface area contributed by atoms with Crippen molar-refractivity contribution >= 4 is 21.9 Å². The molecule has 0 saturated heterocycles. The van der Waals surface area contributed by atoms with E-state index in [1.807, 2.05) is 0 Å². The largest absolute Gasteiger partial charge is 0.480 e. The summed E-state index contributed by atoms with van der Waals surface area (Å²) in [6, 6.07) is 3.86. The van der Waals surface area contributed by atoms with Crippen molar-refractivity contribution in [2.75, 3.05) is 19.8 Å². The quantitative estimate of drug-likeness (QED) is 0.387. The molecule has 0 aromatic heterocycles. The van der Waals surface area contributed by atoms with Gasteiger partial charge in [-0.05, 0) is 24.3 Å². The number of amides is 1. The highest BCUT2D eigenvalue weighted by Crippen LogP contribution is 2.10. The molecule has 3 N–H and O–H groups in total. The van der Waals surface area contributed by atoms with Crippen LogP contribution in [-0.4, -0.2) is 51.2 Å². The molecule has 136 valence electrons. The van der Waals surface area contributed by atoms with E-state index in [9.17, 15) is 18.0 Å². The van der Waals surface area contributed by atoms with Gasteiger partial charge in [0.05, 0.1) is 18.1 Å². The van der Waals surface area contributed by atoms with Crippen LogP contribution in [0.3, 0.4) is 0 Å². The summed E-state index contributed by atoms with van der Waals surface area (Å²) in [5.74, 6) is -1.90. The van der Waals surface area contributed by atoms with Gasteiger partial charge in [0.1, 0.15) is 0 Å². The Morgan fingerprint density at radius 3 is 2.36 bits per heavy atom. The molecule has 1 unspecified atom stereocenters. The number of hydrogen-bond donors (Lipinski definition) is 3. The molecule has 1 rings (SSSR count). The van der Waals surface area contributed by atoms with Crippen LogP contribution in [-0.2, 0) is 19.6 Å². The van der Waals surface area contributed by atoms with Gasteiger partial charge >= 0.3 is 5.97 Å². The van der Waals surface area contributed by atoms with Crippen LogP contribution in [0.4, 0.5) is 0 Å². The zero-order valence-corrected chi connectivity index (χ0v) is 14.3. The van der Waals surface area contributed by atoms with Crippen molar-refractivity contribution in [3.63, 3.8) is 0 Å². The molecular weight excluding hydrogens is 348 g/mol. The molecule has 1 aromatic rings. The second kappa shape index (κ2) is 9.72. The summed E-state index contributed by atoms with van der Waals surface area (Å²) in [6.45, 7) is 6.88. The summed E-state index contributed by atoms with van der Waals surface area (Å²) in [7, 11) is -3.69. The number of carboxylic acid groups (broad SMARTS) is 1. The van der Waals surface area contributed by atoms with Gasteiger partial charge in [0.2, 0.25) is 10.0 Å². The van der Waals surface area contributed by atoms with Crippen LogP contribution >= 0.6 is 0 Å². The normalized spacial score (nSPS) is 12.2. The van der Waals surface area contributed by atoms with E-state index in [1.54, 1.807) is 0 Å². The van der Waals surface area contributed by atoms with Crippen molar-refractivity contribution in [2.24, 2.45) is 0 Å². The van der Waals surface area contributed by atoms with Crippen molar-refractivity contribution in [1.29, 1.82) is 0 Å². The molecule has 0 fully saturated rings. The minimum absolute atomic E-state index is 0.0185. The van der Waals surface area contributed by atoms with Gasteiger partial charge in [-0.15, -0.1) is 13.2 Å². The van der Waals surface area contributed by atoms with Gasteiger partial charge in [-0.1, -0.05) is 12.2 Å². The van der Waals surface area contributed by atoms with E-state index >= 15 is 0 Å². The van der Waals surface area contributed by atoms with E-state index in [-0.39, 0.29) is 30.2 Å². The summed E-state index contributed by atoms with van der Waals surface area (Å²) >= 11 is 0. The third kappa shape index (κ3) is 6.49. The molecule has 9 heteroatoms. The zero-order chi connectivity index (χ0) is 18.9. The molecule has 0 saturated carbocycles. The number of ether oxygens (including phenoxy) is 1. The van der Waals surface area contributed by atoms with Gasteiger partial charge < -0.3 is 15.2 Å². The predicted molar refractivity (Wildman–Crippen MR) is 91.7 cm³/mol. The second-order valence-electron chi connectivity index (χ2n) is 4.86. The maximum Gasteiger partial charge on any atom is 0.328 e. The van der Waals surface area contributed by atoms with Crippen LogP contribution in [0.15, 0.2) is 54.5 Å². The standard InChI is InChI=1S/C16H20N2O6S/c1-3-9-17-25(22,23)13-7-5-12(6-8-13)15(19)18-14(16(20)21)11-24-10-4-2/h3-8,14,17H,1-2,9-11H2,(H,18,19)(H,20,21). The van der Waals surface area contributed by atoms with E-state index in [4.69, 9.17) is 9.84 Å². The monoisotopic (exact) mass is 368 g/mol. The molecule has 1 aromatic carbocycles. The second-order valence-corrected chi connectivity index (χ2v) is 6.62. The fourth-order valence-electron chi connectivity index (χ4n) is 1.72. The summed E-state index contributed by atoms with van der Waals surface area (Å²) in [5, 5.41) is 11.4. The number of hydrogen-bond acceptors (Lipinski definition) is 5. The Morgan fingerprint density at radius 2 is 1.84 bits per heavy atom. The topological polar surface area (TPSA) is 122 Å². The Bertz CT molecular complexity index is 727. The maximum absolute atomic E-state index is 12.1. The van der Waals surface area contributed by atoms with Crippen molar-refractivity contribution in [2.45, 2.75) is 10.9 Å². The maximum atomic E-state index is 12.1. The van der Waals surface area contributed by atoms with Gasteiger partial charge in [0.25, 0.3) is 5.91 Å². The van der Waals surface area contributed by atoms with E-state index in [0.717, 1.165) is 0 Å². The lowest BCUT2D eigenvalue weighted by Crippen LogP contribution is -2.44. The van der Waals surface area contributed by atoms with E-state index in [1.165, 1.54) is 36.4 Å². The highest BCUT2D eigenvalue weighted by atomic mass is 32.2. The van der Waals surface area contributed by atoms with Gasteiger partial charge in [0, 0.05) is 12.1 Å². The molecule has 0 bridgehead atoms. The smallest absolute Gasteiger partial charge is 0.328 e. The third-order valence-electron chi connectivity index (χ3n) is 2.97. The van der Waals surface area contributed by atoms with Crippen molar-refractivity contribution in [3.05, 3.63) is 55.1 Å². The Kier molecular flexibility index (Phi) is 7.99. The van der Waals surface area contributed by atoms with Crippen LogP contribution in [0.1, 0.15) is 10.4 Å². The molecule has 0 aliphatic carbocycles. The van der Waals surface area contributed by atoms with E-state index in [2.05, 4.69) is 23.2 Å². The molecule has 0 radical (unpaired) electrons. The van der Waals surface area contributed by atoms with Gasteiger partial charge in [0.15, 0.2) is 6.04 Å². The van der Waals surface area contributed by atoms with Crippen molar-refractivity contribution < 1.29 is 27.9 Å². The Balaban J connectivity index is 2.80. The molecular formula is C16H20N2O6S. The number of benzene rings is 1. The lowest BCUT2D eigenvalue weighted by atomic mass is 10.2. The average molecular weight is 368 g/mol. The first-order chi connectivity index (χ1) is 11.8. The minimum atomic E-state index is -3.69. The fourth-order valence-corrected chi connectivity index (χ4v) is 2.72. The van der Waals surface area contributed by atoms with Crippen molar-refractivity contribution in [1.82, 2.24) is 10.0 Å². The molecule has 0 spiro atoms. The molecule has 0 aliphatic rings. The Hall–Kier alpha value is -2.49. The number of rotatable bonds is 11. The van der Waals surface area contributed by atoms with Crippen LogP contribution in [0.5, 0.6) is 0 Å². The highest BCUT2D eigenvalue weighted by molar-refractivity contribution is 7.89. The number of aliphatic carboxylic acids is 1. The number of sulfonamides is 1.